The van der Waals surface area contributed by atoms with E-state index in [1.54, 1.807) is 6.07 Å². The zero-order valence-electron chi connectivity index (χ0n) is 24.3. The van der Waals surface area contributed by atoms with E-state index in [2.05, 4.69) is 34.1 Å². The summed E-state index contributed by atoms with van der Waals surface area (Å²) in [4.78, 5) is 20.6. The molecule has 1 amide bonds. The van der Waals surface area contributed by atoms with Crippen molar-refractivity contribution >= 4 is 28.1 Å². The molecule has 2 aromatic heterocycles. The van der Waals surface area contributed by atoms with Crippen LogP contribution in [0.1, 0.15) is 45.6 Å². The van der Waals surface area contributed by atoms with Crippen LogP contribution < -0.4 is 5.32 Å². The van der Waals surface area contributed by atoms with Crippen LogP contribution in [-0.4, -0.2) is 33.4 Å². The van der Waals surface area contributed by atoms with E-state index >= 15 is 0 Å². The number of nitrogens with zero attached hydrogens (tertiary/aromatic N) is 3. The molecule has 5 nitrogen and oxygen atoms in total. The van der Waals surface area contributed by atoms with Gasteiger partial charge in [-0.3, -0.25) is 4.79 Å². The molecule has 0 saturated carbocycles. The molecule has 226 valence electrons. The van der Waals surface area contributed by atoms with E-state index in [0.29, 0.717) is 34.5 Å². The Morgan fingerprint density at radius 1 is 0.932 bits per heavy atom. The molecule has 1 saturated heterocycles. The molecule has 1 aliphatic rings. The number of aromatic nitrogens is 2. The second-order valence-corrected chi connectivity index (χ2v) is 12.1. The monoisotopic (exact) mass is 614 g/mol. The van der Waals surface area contributed by atoms with Gasteiger partial charge in [-0.2, -0.15) is 13.2 Å². The van der Waals surface area contributed by atoms with Crippen LogP contribution in [0.2, 0.25) is 0 Å². The van der Waals surface area contributed by atoms with Gasteiger partial charge >= 0.3 is 6.18 Å². The Morgan fingerprint density at radius 2 is 1.61 bits per heavy atom. The maximum atomic E-state index is 13.9. The standard InChI is InChI=1S/C35H33F3N4OS/c1-24-30(33(43)41-17-15-26(16-18-41)19-25-9-4-2-5-10-25)21-32(42(24)22-27-11-6-3-7-12-27)31-23-44-34(40-31)39-29-14-8-13-28(20-29)35(36,37)38/h2-14,20-21,23,26H,15-19,22H2,1H3,(H,39,40). The number of benzene rings is 3. The molecule has 0 radical (unpaired) electrons. The first-order valence-corrected chi connectivity index (χ1v) is 15.6. The van der Waals surface area contributed by atoms with Crippen LogP contribution >= 0.6 is 11.3 Å². The van der Waals surface area contributed by atoms with Crippen molar-refractivity contribution in [3.05, 3.63) is 124 Å². The smallest absolute Gasteiger partial charge is 0.339 e. The minimum absolute atomic E-state index is 0.0197. The van der Waals surface area contributed by atoms with Gasteiger partial charge in [0.1, 0.15) is 0 Å². The molecule has 0 atom stereocenters. The van der Waals surface area contributed by atoms with E-state index in [4.69, 9.17) is 4.98 Å². The number of piperidine rings is 1. The molecule has 0 bridgehead atoms. The lowest BCUT2D eigenvalue weighted by atomic mass is 9.90. The summed E-state index contributed by atoms with van der Waals surface area (Å²) >= 11 is 1.31. The summed E-state index contributed by atoms with van der Waals surface area (Å²) < 4.78 is 41.8. The van der Waals surface area contributed by atoms with Crippen LogP contribution in [-0.2, 0) is 19.1 Å². The minimum Gasteiger partial charge on any atom is -0.339 e. The van der Waals surface area contributed by atoms with E-state index in [1.807, 2.05) is 59.7 Å². The first-order chi connectivity index (χ1) is 21.2. The zero-order valence-corrected chi connectivity index (χ0v) is 25.2. The molecule has 0 unspecified atom stereocenters. The maximum Gasteiger partial charge on any atom is 0.416 e. The van der Waals surface area contributed by atoms with Crippen LogP contribution in [0.4, 0.5) is 24.0 Å². The first-order valence-electron chi connectivity index (χ1n) is 14.7. The average Bonchev–Trinajstić information content (AvgIpc) is 3.62. The Kier molecular flexibility index (Phi) is 8.57. The molecule has 44 heavy (non-hydrogen) atoms. The number of alkyl halides is 3. The number of carbonyl (C=O) groups is 1. The lowest BCUT2D eigenvalue weighted by Crippen LogP contribution is -2.39. The Balaban J connectivity index is 1.24. The van der Waals surface area contributed by atoms with Crippen molar-refractivity contribution in [2.45, 2.75) is 38.9 Å². The van der Waals surface area contributed by atoms with E-state index in [0.717, 1.165) is 61.4 Å². The van der Waals surface area contributed by atoms with Crippen molar-refractivity contribution in [1.29, 1.82) is 0 Å². The van der Waals surface area contributed by atoms with Gasteiger partial charge in [0.2, 0.25) is 0 Å². The van der Waals surface area contributed by atoms with Crippen molar-refractivity contribution in [3.8, 4) is 11.4 Å². The minimum atomic E-state index is -4.43. The van der Waals surface area contributed by atoms with E-state index in [9.17, 15) is 18.0 Å². The Morgan fingerprint density at radius 3 is 2.30 bits per heavy atom. The molecule has 5 aromatic rings. The topological polar surface area (TPSA) is 50.2 Å². The molecule has 3 aromatic carbocycles. The second kappa shape index (κ2) is 12.7. The molecule has 0 aliphatic carbocycles. The van der Waals surface area contributed by atoms with Crippen LogP contribution in [0.15, 0.2) is 96.4 Å². The van der Waals surface area contributed by atoms with Gasteiger partial charge in [-0.1, -0.05) is 66.7 Å². The highest BCUT2D eigenvalue weighted by Gasteiger charge is 2.31. The second-order valence-electron chi connectivity index (χ2n) is 11.3. The maximum absolute atomic E-state index is 13.9. The lowest BCUT2D eigenvalue weighted by molar-refractivity contribution is -0.137. The largest absolute Gasteiger partial charge is 0.416 e. The summed E-state index contributed by atoms with van der Waals surface area (Å²) in [7, 11) is 0. The molecular weight excluding hydrogens is 581 g/mol. The number of amides is 1. The third-order valence-electron chi connectivity index (χ3n) is 8.26. The number of rotatable bonds is 8. The highest BCUT2D eigenvalue weighted by Crippen LogP contribution is 2.34. The Bertz CT molecular complexity index is 1720. The quantitative estimate of drug-likeness (QED) is 0.190. The SMILES string of the molecule is Cc1c(C(=O)N2CCC(Cc3ccccc3)CC2)cc(-c2csc(Nc3cccc(C(F)(F)F)c3)n2)n1Cc1ccccc1. The van der Waals surface area contributed by atoms with Crippen LogP contribution in [0.25, 0.3) is 11.4 Å². The van der Waals surface area contributed by atoms with Gasteiger partial charge < -0.3 is 14.8 Å². The lowest BCUT2D eigenvalue weighted by Gasteiger charge is -2.32. The predicted molar refractivity (Wildman–Crippen MR) is 169 cm³/mol. The van der Waals surface area contributed by atoms with E-state index < -0.39 is 11.7 Å². The molecule has 3 heterocycles. The van der Waals surface area contributed by atoms with Gasteiger partial charge in [0, 0.05) is 36.4 Å². The molecule has 6 rings (SSSR count). The van der Waals surface area contributed by atoms with Gasteiger partial charge in [-0.25, -0.2) is 4.98 Å². The van der Waals surface area contributed by atoms with Crippen molar-refractivity contribution in [2.24, 2.45) is 5.92 Å². The number of carbonyl (C=O) groups excluding carboxylic acids is 1. The highest BCUT2D eigenvalue weighted by molar-refractivity contribution is 7.14. The van der Waals surface area contributed by atoms with Gasteiger partial charge in [0.05, 0.1) is 22.5 Å². The van der Waals surface area contributed by atoms with Gasteiger partial charge in [-0.05, 0) is 67.5 Å². The summed E-state index contributed by atoms with van der Waals surface area (Å²) in [6.45, 7) is 3.96. The molecular formula is C35H33F3N4OS. The van der Waals surface area contributed by atoms with E-state index in [-0.39, 0.29) is 5.91 Å². The normalized spacial score (nSPS) is 14.1. The number of hydrogen-bond donors (Lipinski definition) is 1. The van der Waals surface area contributed by atoms with Crippen molar-refractivity contribution in [3.63, 3.8) is 0 Å². The van der Waals surface area contributed by atoms with Crippen LogP contribution in [0.3, 0.4) is 0 Å². The fourth-order valence-electron chi connectivity index (χ4n) is 5.85. The number of likely N-dealkylation sites (tertiary alicyclic amines) is 1. The fraction of sp³-hybridized carbons (Fsp3) is 0.257. The van der Waals surface area contributed by atoms with Gasteiger partial charge in [0.15, 0.2) is 5.13 Å². The predicted octanol–water partition coefficient (Wildman–Crippen LogP) is 8.83. The molecule has 1 aliphatic heterocycles. The summed E-state index contributed by atoms with van der Waals surface area (Å²) in [5.41, 5.74) is 4.97. The van der Waals surface area contributed by atoms with Gasteiger partial charge in [0.25, 0.3) is 5.91 Å². The highest BCUT2D eigenvalue weighted by atomic mass is 32.1. The number of thiazole rings is 1. The summed E-state index contributed by atoms with van der Waals surface area (Å²) in [6.07, 6.45) is -1.47. The summed E-state index contributed by atoms with van der Waals surface area (Å²) in [5, 5.41) is 5.36. The fourth-order valence-corrected chi connectivity index (χ4v) is 6.57. The van der Waals surface area contributed by atoms with Crippen molar-refractivity contribution < 1.29 is 18.0 Å². The van der Waals surface area contributed by atoms with Crippen molar-refractivity contribution in [2.75, 3.05) is 18.4 Å². The molecule has 9 heteroatoms. The zero-order chi connectivity index (χ0) is 30.7. The van der Waals surface area contributed by atoms with Crippen LogP contribution in [0, 0.1) is 12.8 Å². The third kappa shape index (κ3) is 6.73. The molecule has 1 N–H and O–H groups in total. The van der Waals surface area contributed by atoms with Crippen LogP contribution in [0.5, 0.6) is 0 Å². The number of halogens is 3. The number of anilines is 2. The molecule has 1 fully saturated rings. The summed E-state index contributed by atoms with van der Waals surface area (Å²) in [5.74, 6) is 0.574. The van der Waals surface area contributed by atoms with Gasteiger partial charge in [-0.15, -0.1) is 11.3 Å². The molecule has 0 spiro atoms. The average molecular weight is 615 g/mol. The Hall–Kier alpha value is -4.37. The third-order valence-corrected chi connectivity index (χ3v) is 9.01. The van der Waals surface area contributed by atoms with E-state index in [1.165, 1.54) is 23.0 Å². The summed E-state index contributed by atoms with van der Waals surface area (Å²) in [6, 6.07) is 27.5. The first kappa shape index (κ1) is 29.7. The number of nitrogens with one attached hydrogen (secondary N) is 1. The van der Waals surface area contributed by atoms with Crippen molar-refractivity contribution in [1.82, 2.24) is 14.5 Å². The number of hydrogen-bond acceptors (Lipinski definition) is 4. The Labute approximate surface area is 259 Å².